The fraction of sp³-hybridized carbons (Fsp3) is 0.357. The summed E-state index contributed by atoms with van der Waals surface area (Å²) in [5, 5.41) is 6.05. The van der Waals surface area contributed by atoms with Crippen molar-refractivity contribution in [1.29, 1.82) is 0 Å². The first-order valence-electron chi connectivity index (χ1n) is 11.0. The van der Waals surface area contributed by atoms with E-state index < -0.39 is 0 Å². The second kappa shape index (κ2) is 9.05. The molecule has 0 saturated carbocycles. The first-order valence-corrected chi connectivity index (χ1v) is 11.0. The van der Waals surface area contributed by atoms with Crippen molar-refractivity contribution in [1.82, 2.24) is 10.3 Å². The number of nitrogens with zero attached hydrogens (tertiary/aromatic N) is 2. The molecule has 2 aromatic carbocycles. The Balaban J connectivity index is 1.85. The molecular weight excluding hydrogens is 378 g/mol. The Morgan fingerprint density at radius 3 is 2.26 bits per heavy atom. The third-order valence-corrected chi connectivity index (χ3v) is 5.44. The van der Waals surface area contributed by atoms with Gasteiger partial charge >= 0.3 is 0 Å². The van der Waals surface area contributed by atoms with Crippen LogP contribution in [-0.4, -0.2) is 17.7 Å². The fourth-order valence-corrected chi connectivity index (χ4v) is 3.57. The minimum atomic E-state index is -0.00129. The molecule has 3 nitrogen and oxygen atoms in total. The molecule has 3 aromatic rings. The smallest absolute Gasteiger partial charge is 0.0708 e. The van der Waals surface area contributed by atoms with Gasteiger partial charge in [0, 0.05) is 53.0 Å². The largest absolute Gasteiger partial charge is 0.384 e. The molecule has 0 radical (unpaired) electrons. The van der Waals surface area contributed by atoms with Gasteiger partial charge in [-0.2, -0.15) is 0 Å². The quantitative estimate of drug-likeness (QED) is 0.456. The Hall–Kier alpha value is -2.94. The van der Waals surface area contributed by atoms with Crippen molar-refractivity contribution in [2.24, 2.45) is 15.8 Å². The first-order chi connectivity index (χ1) is 14.6. The molecule has 0 fully saturated rings. The molecule has 0 unspecified atom stereocenters. The van der Waals surface area contributed by atoms with Gasteiger partial charge < -0.3 is 5.32 Å². The van der Waals surface area contributed by atoms with Crippen LogP contribution in [0.2, 0.25) is 0 Å². The molecule has 0 aliphatic heterocycles. The van der Waals surface area contributed by atoms with Crippen LogP contribution >= 0.6 is 0 Å². The molecular formula is C28H35N3. The number of rotatable bonds is 5. The van der Waals surface area contributed by atoms with Gasteiger partial charge in [-0.3, -0.25) is 9.98 Å². The molecule has 3 heteroatoms. The predicted octanol–water partition coefficient (Wildman–Crippen LogP) is 7.04. The summed E-state index contributed by atoms with van der Waals surface area (Å²) < 4.78 is 0. The van der Waals surface area contributed by atoms with Crippen LogP contribution < -0.4 is 5.32 Å². The predicted molar refractivity (Wildman–Crippen MR) is 134 cm³/mol. The number of aromatic nitrogens is 1. The number of pyridine rings is 1. The van der Waals surface area contributed by atoms with E-state index in [-0.39, 0.29) is 10.8 Å². The van der Waals surface area contributed by atoms with Gasteiger partial charge in [0.2, 0.25) is 0 Å². The summed E-state index contributed by atoms with van der Waals surface area (Å²) in [5.74, 6) is 0. The molecule has 1 aromatic heterocycles. The lowest BCUT2D eigenvalue weighted by Crippen LogP contribution is -2.28. The van der Waals surface area contributed by atoms with Crippen molar-refractivity contribution in [3.05, 3.63) is 78.1 Å². The maximum absolute atomic E-state index is 4.68. The average molecular weight is 414 g/mol. The highest BCUT2D eigenvalue weighted by Gasteiger charge is 2.22. The van der Waals surface area contributed by atoms with E-state index in [2.05, 4.69) is 111 Å². The Morgan fingerprint density at radius 1 is 0.903 bits per heavy atom. The van der Waals surface area contributed by atoms with Crippen molar-refractivity contribution in [2.45, 2.75) is 48.1 Å². The second-order valence-electron chi connectivity index (χ2n) is 10.1. The van der Waals surface area contributed by atoms with E-state index in [4.69, 9.17) is 0 Å². The summed E-state index contributed by atoms with van der Waals surface area (Å²) in [6.07, 6.45) is 4.17. The zero-order chi connectivity index (χ0) is 22.6. The molecule has 0 amide bonds. The van der Waals surface area contributed by atoms with Gasteiger partial charge in [0.15, 0.2) is 0 Å². The lowest BCUT2D eigenvalue weighted by Gasteiger charge is -2.27. The van der Waals surface area contributed by atoms with Crippen LogP contribution in [0.5, 0.6) is 0 Å². The highest BCUT2D eigenvalue weighted by atomic mass is 14.9. The first kappa shape index (κ1) is 22.7. The minimum Gasteiger partial charge on any atom is -0.384 e. The molecule has 0 aliphatic rings. The average Bonchev–Trinajstić information content (AvgIpc) is 2.72. The van der Waals surface area contributed by atoms with Crippen LogP contribution in [0.1, 0.15) is 47.1 Å². The van der Waals surface area contributed by atoms with Crippen molar-refractivity contribution in [3.8, 4) is 11.3 Å². The monoisotopic (exact) mass is 413 g/mol. The maximum atomic E-state index is 4.68. The van der Waals surface area contributed by atoms with Gasteiger partial charge in [-0.05, 0) is 29.2 Å². The van der Waals surface area contributed by atoms with Crippen LogP contribution in [0, 0.1) is 10.8 Å². The zero-order valence-electron chi connectivity index (χ0n) is 20.0. The molecule has 3 rings (SSSR count). The van der Waals surface area contributed by atoms with Crippen LogP contribution in [0.4, 0.5) is 0 Å². The number of benzene rings is 2. The Kier molecular flexibility index (Phi) is 6.64. The highest BCUT2D eigenvalue weighted by molar-refractivity contribution is 5.99. The fourth-order valence-electron chi connectivity index (χ4n) is 3.57. The van der Waals surface area contributed by atoms with Crippen molar-refractivity contribution in [3.63, 3.8) is 0 Å². The minimum absolute atomic E-state index is 0.00129. The summed E-state index contributed by atoms with van der Waals surface area (Å²) in [6, 6.07) is 19.1. The third-order valence-electron chi connectivity index (χ3n) is 5.44. The van der Waals surface area contributed by atoms with Crippen LogP contribution in [-0.2, 0) is 6.54 Å². The van der Waals surface area contributed by atoms with Gasteiger partial charge in [0.1, 0.15) is 0 Å². The van der Waals surface area contributed by atoms with Gasteiger partial charge in [0.05, 0.1) is 5.69 Å². The Labute approximate surface area is 187 Å². The Morgan fingerprint density at radius 2 is 1.61 bits per heavy atom. The van der Waals surface area contributed by atoms with E-state index in [1.54, 1.807) is 0 Å². The van der Waals surface area contributed by atoms with E-state index in [1.165, 1.54) is 16.6 Å². The summed E-state index contributed by atoms with van der Waals surface area (Å²) in [4.78, 5) is 9.22. The molecule has 31 heavy (non-hydrogen) atoms. The van der Waals surface area contributed by atoms with Crippen LogP contribution in [0.25, 0.3) is 22.0 Å². The lowest BCUT2D eigenvalue weighted by molar-refractivity contribution is 0.458. The summed E-state index contributed by atoms with van der Waals surface area (Å²) in [6.45, 7) is 14.1. The SMILES string of the molecule is CN=C(C=C(NCc1cccc(-c2cc3ccccc3cn2)c1)C(C)(C)C)C(C)(C)C. The molecule has 0 bridgehead atoms. The van der Waals surface area contributed by atoms with Gasteiger partial charge in [-0.15, -0.1) is 0 Å². The molecule has 0 spiro atoms. The summed E-state index contributed by atoms with van der Waals surface area (Å²) in [7, 11) is 1.87. The van der Waals surface area contributed by atoms with Crippen molar-refractivity contribution < 1.29 is 0 Å². The highest BCUT2D eigenvalue weighted by Crippen LogP contribution is 2.27. The number of hydrogen-bond acceptors (Lipinski definition) is 3. The topological polar surface area (TPSA) is 37.3 Å². The van der Waals surface area contributed by atoms with Crippen molar-refractivity contribution in [2.75, 3.05) is 7.05 Å². The van der Waals surface area contributed by atoms with Crippen molar-refractivity contribution >= 4 is 16.5 Å². The molecule has 0 aliphatic carbocycles. The molecule has 162 valence electrons. The number of aliphatic imine (C=N–C) groups is 1. The number of fused-ring (bicyclic) bond motifs is 1. The number of allylic oxidation sites excluding steroid dienone is 2. The van der Waals surface area contributed by atoms with Gasteiger partial charge in [-0.25, -0.2) is 0 Å². The van der Waals surface area contributed by atoms with Gasteiger partial charge in [-0.1, -0.05) is 84.0 Å². The summed E-state index contributed by atoms with van der Waals surface area (Å²) >= 11 is 0. The lowest BCUT2D eigenvalue weighted by atomic mass is 9.85. The van der Waals surface area contributed by atoms with E-state index in [1.807, 2.05) is 19.3 Å². The maximum Gasteiger partial charge on any atom is 0.0708 e. The second-order valence-corrected chi connectivity index (χ2v) is 10.1. The number of hydrogen-bond donors (Lipinski definition) is 1. The standard InChI is InChI=1S/C28H35N3/c1-27(2,3)25(29-7)17-26(28(4,5)6)31-18-20-11-10-14-22(15-20)24-16-21-12-8-9-13-23(21)19-30-24/h8-17,19,31H,18H2,1-7H3. The third kappa shape index (κ3) is 5.81. The van der Waals surface area contributed by atoms with Gasteiger partial charge in [0.25, 0.3) is 0 Å². The summed E-state index contributed by atoms with van der Waals surface area (Å²) in [5.41, 5.74) is 5.66. The zero-order valence-corrected chi connectivity index (χ0v) is 20.0. The Bertz CT molecular complexity index is 1110. The normalized spacial score (nSPS) is 13.5. The van der Waals surface area contributed by atoms with Crippen LogP contribution in [0.3, 0.4) is 0 Å². The van der Waals surface area contributed by atoms with E-state index in [0.717, 1.165) is 28.9 Å². The van der Waals surface area contributed by atoms with E-state index in [0.29, 0.717) is 0 Å². The molecule has 1 N–H and O–H groups in total. The number of nitrogens with one attached hydrogen (secondary N) is 1. The van der Waals surface area contributed by atoms with E-state index in [9.17, 15) is 0 Å². The molecule has 0 atom stereocenters. The molecule has 0 saturated heterocycles. The van der Waals surface area contributed by atoms with E-state index >= 15 is 0 Å². The molecule has 1 heterocycles. The van der Waals surface area contributed by atoms with Crippen LogP contribution in [0.15, 0.2) is 77.6 Å².